The molecule has 0 saturated carbocycles. The average molecular weight is 290 g/mol. The fourth-order valence-corrected chi connectivity index (χ4v) is 3.04. The Labute approximate surface area is 124 Å². The van der Waals surface area contributed by atoms with Gasteiger partial charge >= 0.3 is 0 Å². The molecular weight excluding hydrogens is 272 g/mol. The Morgan fingerprint density at radius 3 is 2.85 bits per heavy atom. The maximum absolute atomic E-state index is 12.4. The van der Waals surface area contributed by atoms with Gasteiger partial charge in [-0.25, -0.2) is 0 Å². The normalized spacial score (nSPS) is 26.1. The summed E-state index contributed by atoms with van der Waals surface area (Å²) in [7, 11) is 0. The molecule has 20 heavy (non-hydrogen) atoms. The third-order valence-electron chi connectivity index (χ3n) is 3.80. The second-order valence-electron chi connectivity index (χ2n) is 5.28. The summed E-state index contributed by atoms with van der Waals surface area (Å²) in [6, 6.07) is 9.75. The van der Waals surface area contributed by atoms with Gasteiger partial charge in [-0.05, 0) is 30.6 Å². The van der Waals surface area contributed by atoms with Gasteiger partial charge in [0, 0.05) is 13.0 Å². The van der Waals surface area contributed by atoms with E-state index in [1.165, 1.54) is 0 Å². The molecule has 4 nitrogen and oxygen atoms in total. The molecule has 1 N–H and O–H groups in total. The van der Waals surface area contributed by atoms with Gasteiger partial charge in [0.25, 0.3) is 5.91 Å². The van der Waals surface area contributed by atoms with Crippen LogP contribution >= 0.6 is 12.2 Å². The lowest BCUT2D eigenvalue weighted by atomic mass is 10.1. The number of carbonyl (C=O) groups excluding carboxylic acids is 1. The molecule has 0 unspecified atom stereocenters. The summed E-state index contributed by atoms with van der Waals surface area (Å²) in [5, 5.41) is 3.66. The average Bonchev–Trinajstić information content (AvgIpc) is 3.05. The van der Waals surface area contributed by atoms with E-state index in [2.05, 4.69) is 5.32 Å². The van der Waals surface area contributed by atoms with E-state index in [1.807, 2.05) is 30.3 Å². The molecule has 0 aromatic heterocycles. The minimum absolute atomic E-state index is 0.0642. The van der Waals surface area contributed by atoms with Crippen LogP contribution < -0.4 is 5.32 Å². The van der Waals surface area contributed by atoms with Crippen LogP contribution in [0.5, 0.6) is 0 Å². The first-order valence-electron chi connectivity index (χ1n) is 7.01. The number of hydrogen-bond acceptors (Lipinski definition) is 3. The van der Waals surface area contributed by atoms with Crippen molar-refractivity contribution in [1.29, 1.82) is 0 Å². The molecule has 2 fully saturated rings. The molecule has 3 rings (SSSR count). The number of thiocarbonyl (C=S) groups is 1. The SMILES string of the molecule is O=C1[C@@H](Cc2ccccc2)NC(=S)N1C[C@@H]1CCCO1. The molecule has 1 aromatic carbocycles. The van der Waals surface area contributed by atoms with E-state index in [0.717, 1.165) is 25.0 Å². The van der Waals surface area contributed by atoms with E-state index >= 15 is 0 Å². The number of nitrogens with one attached hydrogen (secondary N) is 1. The highest BCUT2D eigenvalue weighted by Gasteiger charge is 2.37. The molecule has 2 atom stereocenters. The molecular formula is C15H18N2O2S. The first-order valence-corrected chi connectivity index (χ1v) is 7.42. The van der Waals surface area contributed by atoms with Crippen molar-refractivity contribution < 1.29 is 9.53 Å². The summed E-state index contributed by atoms with van der Waals surface area (Å²) in [4.78, 5) is 14.1. The summed E-state index contributed by atoms with van der Waals surface area (Å²) in [5.41, 5.74) is 1.14. The van der Waals surface area contributed by atoms with Crippen LogP contribution in [0.1, 0.15) is 18.4 Å². The highest BCUT2D eigenvalue weighted by atomic mass is 32.1. The van der Waals surface area contributed by atoms with E-state index in [0.29, 0.717) is 18.1 Å². The fourth-order valence-electron chi connectivity index (χ4n) is 2.73. The van der Waals surface area contributed by atoms with Crippen molar-refractivity contribution in [1.82, 2.24) is 10.2 Å². The minimum Gasteiger partial charge on any atom is -0.376 e. The van der Waals surface area contributed by atoms with Crippen molar-refractivity contribution in [2.24, 2.45) is 0 Å². The zero-order valence-corrected chi connectivity index (χ0v) is 12.1. The van der Waals surface area contributed by atoms with E-state index < -0.39 is 0 Å². The molecule has 1 amide bonds. The van der Waals surface area contributed by atoms with Crippen LogP contribution in [0.15, 0.2) is 30.3 Å². The third kappa shape index (κ3) is 2.83. The van der Waals surface area contributed by atoms with Crippen molar-refractivity contribution in [3.63, 3.8) is 0 Å². The number of ether oxygens (including phenoxy) is 1. The lowest BCUT2D eigenvalue weighted by Gasteiger charge is -2.18. The summed E-state index contributed by atoms with van der Waals surface area (Å²) in [5.74, 6) is 0.0642. The molecule has 1 aromatic rings. The number of benzene rings is 1. The Bertz CT molecular complexity index is 500. The molecule has 2 heterocycles. The Balaban J connectivity index is 1.64. The number of amides is 1. The Morgan fingerprint density at radius 2 is 2.15 bits per heavy atom. The summed E-state index contributed by atoms with van der Waals surface area (Å²) >= 11 is 5.28. The van der Waals surface area contributed by atoms with Gasteiger partial charge in [-0.1, -0.05) is 30.3 Å². The maximum Gasteiger partial charge on any atom is 0.251 e. The molecule has 0 spiro atoms. The van der Waals surface area contributed by atoms with Gasteiger partial charge in [0.05, 0.1) is 12.6 Å². The van der Waals surface area contributed by atoms with Gasteiger partial charge in [0.2, 0.25) is 0 Å². The van der Waals surface area contributed by atoms with E-state index in [-0.39, 0.29) is 18.1 Å². The van der Waals surface area contributed by atoms with Crippen molar-refractivity contribution in [2.75, 3.05) is 13.2 Å². The van der Waals surface area contributed by atoms with Gasteiger partial charge < -0.3 is 10.1 Å². The minimum atomic E-state index is -0.244. The Morgan fingerprint density at radius 1 is 1.35 bits per heavy atom. The number of rotatable bonds is 4. The lowest BCUT2D eigenvalue weighted by Crippen LogP contribution is -2.37. The van der Waals surface area contributed by atoms with Crippen LogP contribution in [-0.2, 0) is 16.0 Å². The second kappa shape index (κ2) is 5.89. The standard InChI is InChI=1S/C15H18N2O2S/c18-14-13(9-11-5-2-1-3-6-11)16-15(20)17(14)10-12-7-4-8-19-12/h1-3,5-6,12-13H,4,7-10H2,(H,16,20)/t12-,13+/m0/s1. The topological polar surface area (TPSA) is 41.6 Å². The van der Waals surface area contributed by atoms with Crippen molar-refractivity contribution in [2.45, 2.75) is 31.4 Å². The van der Waals surface area contributed by atoms with Gasteiger partial charge in [0.15, 0.2) is 5.11 Å². The van der Waals surface area contributed by atoms with Crippen LogP contribution in [-0.4, -0.2) is 41.2 Å². The molecule has 0 bridgehead atoms. The van der Waals surface area contributed by atoms with Crippen LogP contribution in [0.2, 0.25) is 0 Å². The molecule has 5 heteroatoms. The van der Waals surface area contributed by atoms with Crippen molar-refractivity contribution >= 4 is 23.2 Å². The smallest absolute Gasteiger partial charge is 0.251 e. The van der Waals surface area contributed by atoms with Gasteiger partial charge in [-0.15, -0.1) is 0 Å². The molecule has 2 aliphatic rings. The number of hydrogen-bond donors (Lipinski definition) is 1. The molecule has 2 saturated heterocycles. The lowest BCUT2D eigenvalue weighted by molar-refractivity contribution is -0.128. The molecule has 0 aliphatic carbocycles. The monoisotopic (exact) mass is 290 g/mol. The van der Waals surface area contributed by atoms with Crippen LogP contribution in [0, 0.1) is 0 Å². The predicted octanol–water partition coefficient (Wildman–Crippen LogP) is 1.49. The van der Waals surface area contributed by atoms with E-state index in [4.69, 9.17) is 17.0 Å². The van der Waals surface area contributed by atoms with Crippen LogP contribution in [0.4, 0.5) is 0 Å². The summed E-state index contributed by atoms with van der Waals surface area (Å²) in [6.07, 6.45) is 2.88. The zero-order valence-electron chi connectivity index (χ0n) is 11.2. The Kier molecular flexibility index (Phi) is 3.98. The summed E-state index contributed by atoms with van der Waals surface area (Å²) in [6.45, 7) is 1.37. The second-order valence-corrected chi connectivity index (χ2v) is 5.66. The van der Waals surface area contributed by atoms with Crippen molar-refractivity contribution in [3.8, 4) is 0 Å². The van der Waals surface area contributed by atoms with Crippen molar-refractivity contribution in [3.05, 3.63) is 35.9 Å². The van der Waals surface area contributed by atoms with E-state index in [9.17, 15) is 4.79 Å². The van der Waals surface area contributed by atoms with E-state index in [1.54, 1.807) is 4.90 Å². The van der Waals surface area contributed by atoms with Crippen LogP contribution in [0.25, 0.3) is 0 Å². The molecule has 106 valence electrons. The predicted molar refractivity (Wildman–Crippen MR) is 80.4 cm³/mol. The third-order valence-corrected chi connectivity index (χ3v) is 4.14. The highest BCUT2D eigenvalue weighted by Crippen LogP contribution is 2.18. The molecule has 0 radical (unpaired) electrons. The number of carbonyl (C=O) groups is 1. The quantitative estimate of drug-likeness (QED) is 0.853. The highest BCUT2D eigenvalue weighted by molar-refractivity contribution is 7.80. The fraction of sp³-hybridized carbons (Fsp3) is 0.467. The van der Waals surface area contributed by atoms with Crippen LogP contribution in [0.3, 0.4) is 0 Å². The first-order chi connectivity index (χ1) is 9.74. The van der Waals surface area contributed by atoms with Gasteiger partial charge in [-0.3, -0.25) is 9.69 Å². The van der Waals surface area contributed by atoms with Gasteiger partial charge in [-0.2, -0.15) is 0 Å². The first kappa shape index (κ1) is 13.5. The van der Waals surface area contributed by atoms with Gasteiger partial charge in [0.1, 0.15) is 6.04 Å². The largest absolute Gasteiger partial charge is 0.376 e. The molecule has 2 aliphatic heterocycles. The summed E-state index contributed by atoms with van der Waals surface area (Å²) < 4.78 is 5.58. The Hall–Kier alpha value is -1.46. The zero-order chi connectivity index (χ0) is 13.9. The maximum atomic E-state index is 12.4. The number of nitrogens with zero attached hydrogens (tertiary/aromatic N) is 1.